The number of benzene rings is 2. The normalized spacial score (nSPS) is 24.7. The number of urea groups is 1. The Morgan fingerprint density at radius 3 is 2.35 bits per heavy atom. The first-order chi connectivity index (χ1) is 19.2. The minimum absolute atomic E-state index is 0.0146. The molecule has 6 rings (SSSR count). The van der Waals surface area contributed by atoms with Crippen LogP contribution in [0.5, 0.6) is 0 Å². The fourth-order valence-electron chi connectivity index (χ4n) is 6.71. The van der Waals surface area contributed by atoms with Crippen LogP contribution in [0.15, 0.2) is 77.6 Å². The Labute approximate surface area is 233 Å². The lowest BCUT2D eigenvalue weighted by atomic mass is 9.75. The lowest BCUT2D eigenvalue weighted by Crippen LogP contribution is -2.68. The van der Waals surface area contributed by atoms with Crippen LogP contribution < -0.4 is 15.8 Å². The van der Waals surface area contributed by atoms with Crippen molar-refractivity contribution < 1.29 is 14.4 Å². The van der Waals surface area contributed by atoms with E-state index >= 15 is 0 Å². The van der Waals surface area contributed by atoms with Gasteiger partial charge in [-0.1, -0.05) is 62.4 Å². The van der Waals surface area contributed by atoms with E-state index in [1.165, 1.54) is 5.56 Å². The van der Waals surface area contributed by atoms with Gasteiger partial charge in [-0.15, -0.1) is 0 Å². The Bertz CT molecular complexity index is 1510. The molecule has 3 atom stereocenters. The van der Waals surface area contributed by atoms with E-state index in [9.17, 15) is 19.2 Å². The second kappa shape index (κ2) is 10.2. The van der Waals surface area contributed by atoms with Crippen molar-refractivity contribution in [3.63, 3.8) is 0 Å². The number of piperidine rings is 1. The van der Waals surface area contributed by atoms with Gasteiger partial charge in [0, 0.05) is 43.9 Å². The van der Waals surface area contributed by atoms with Crippen LogP contribution in [0.3, 0.4) is 0 Å². The van der Waals surface area contributed by atoms with Crippen LogP contribution >= 0.6 is 0 Å². The summed E-state index contributed by atoms with van der Waals surface area (Å²) < 4.78 is 1.87. The number of nitrogens with zero attached hydrogens (tertiary/aromatic N) is 3. The van der Waals surface area contributed by atoms with E-state index in [0.29, 0.717) is 31.2 Å². The zero-order valence-electron chi connectivity index (χ0n) is 22.9. The highest BCUT2D eigenvalue weighted by Crippen LogP contribution is 2.39. The first-order valence-electron chi connectivity index (χ1n) is 14.0. The molecule has 0 aliphatic carbocycles. The van der Waals surface area contributed by atoms with Crippen LogP contribution in [0.2, 0.25) is 0 Å². The van der Waals surface area contributed by atoms with E-state index in [2.05, 4.69) is 24.1 Å². The maximum atomic E-state index is 14.4. The molecule has 1 aromatic heterocycles. The lowest BCUT2D eigenvalue weighted by Gasteiger charge is -2.47. The number of nitrogens with one attached hydrogen (secondary N) is 1. The van der Waals surface area contributed by atoms with Crippen molar-refractivity contribution >= 4 is 23.5 Å². The summed E-state index contributed by atoms with van der Waals surface area (Å²) in [6, 6.07) is 21.5. The average molecular weight is 539 g/mol. The number of pyridine rings is 1. The number of likely N-dealkylation sites (tertiary alicyclic amines) is 1. The number of fused-ring (bicyclic) bond motifs is 4. The second-order valence-corrected chi connectivity index (χ2v) is 11.8. The molecule has 2 fully saturated rings. The predicted molar refractivity (Wildman–Crippen MR) is 152 cm³/mol. The topological polar surface area (TPSA) is 91.7 Å². The van der Waals surface area contributed by atoms with Crippen molar-refractivity contribution in [2.24, 2.45) is 11.3 Å². The first kappa shape index (κ1) is 26.2. The van der Waals surface area contributed by atoms with E-state index in [1.54, 1.807) is 36.4 Å². The summed E-state index contributed by atoms with van der Waals surface area (Å²) in [5.41, 5.74) is 2.00. The third kappa shape index (κ3) is 4.56. The standard InChI is InChI=1S/C32H34N4O4/c1-21(2)24-13-11-22(12-14-24)16-32(29(38)33-31(40)36(30(32)39)26-7-4-3-5-8-26)20-34-17-23-15-25(19-34)27-9-6-10-28(37)35(27)18-23/h3-14,21,23,25H,15-20H2,1-2H3,(H,33,38,40). The van der Waals surface area contributed by atoms with Crippen molar-refractivity contribution in [3.8, 4) is 0 Å². The Hall–Kier alpha value is -4.04. The molecule has 2 bridgehead atoms. The number of amides is 4. The minimum atomic E-state index is -1.49. The van der Waals surface area contributed by atoms with Gasteiger partial charge < -0.3 is 9.47 Å². The number of carbonyl (C=O) groups excluding carboxylic acids is 3. The van der Waals surface area contributed by atoms with Gasteiger partial charge in [-0.25, -0.2) is 9.69 Å². The highest BCUT2D eigenvalue weighted by molar-refractivity contribution is 6.30. The molecule has 4 heterocycles. The highest BCUT2D eigenvalue weighted by Gasteiger charge is 2.55. The summed E-state index contributed by atoms with van der Waals surface area (Å²) in [4.78, 5) is 57.0. The molecule has 3 unspecified atom stereocenters. The molecular weight excluding hydrogens is 504 g/mol. The van der Waals surface area contributed by atoms with E-state index in [-0.39, 0.29) is 30.4 Å². The molecule has 3 aliphatic rings. The zero-order valence-corrected chi connectivity index (χ0v) is 22.9. The number of aromatic nitrogens is 1. The summed E-state index contributed by atoms with van der Waals surface area (Å²) in [5.74, 6) is -0.334. The Morgan fingerprint density at radius 1 is 0.875 bits per heavy atom. The quantitative estimate of drug-likeness (QED) is 0.481. The lowest BCUT2D eigenvalue weighted by molar-refractivity contribution is -0.144. The van der Waals surface area contributed by atoms with Gasteiger partial charge in [0.2, 0.25) is 5.91 Å². The maximum Gasteiger partial charge on any atom is 0.335 e. The van der Waals surface area contributed by atoms with Crippen LogP contribution in [0.1, 0.15) is 48.9 Å². The van der Waals surface area contributed by atoms with E-state index in [0.717, 1.165) is 22.6 Å². The molecule has 0 saturated carbocycles. The number of hydrogen-bond acceptors (Lipinski definition) is 5. The van der Waals surface area contributed by atoms with Gasteiger partial charge in [-0.05, 0) is 54.0 Å². The Kier molecular flexibility index (Phi) is 6.66. The number of imide groups is 2. The maximum absolute atomic E-state index is 14.4. The predicted octanol–water partition coefficient (Wildman–Crippen LogP) is 3.90. The van der Waals surface area contributed by atoms with Crippen LogP contribution in [0, 0.1) is 11.3 Å². The fourth-order valence-corrected chi connectivity index (χ4v) is 6.71. The second-order valence-electron chi connectivity index (χ2n) is 11.8. The number of rotatable bonds is 6. The fraction of sp³-hybridized carbons (Fsp3) is 0.375. The van der Waals surface area contributed by atoms with Crippen molar-refractivity contribution in [1.29, 1.82) is 0 Å². The third-order valence-electron chi connectivity index (χ3n) is 8.69. The highest BCUT2D eigenvalue weighted by atomic mass is 16.2. The van der Waals surface area contributed by atoms with Crippen molar-refractivity contribution in [2.75, 3.05) is 24.5 Å². The van der Waals surface area contributed by atoms with Crippen molar-refractivity contribution in [3.05, 3.63) is 100.0 Å². The van der Waals surface area contributed by atoms with Gasteiger partial charge in [-0.3, -0.25) is 19.7 Å². The van der Waals surface area contributed by atoms with Crippen LogP contribution in [-0.4, -0.2) is 46.9 Å². The van der Waals surface area contributed by atoms with Crippen molar-refractivity contribution in [2.45, 2.75) is 45.1 Å². The van der Waals surface area contributed by atoms with Crippen molar-refractivity contribution in [1.82, 2.24) is 14.8 Å². The average Bonchev–Trinajstić information content (AvgIpc) is 2.93. The van der Waals surface area contributed by atoms with E-state index in [4.69, 9.17) is 0 Å². The first-order valence-corrected chi connectivity index (χ1v) is 14.0. The molecule has 1 N–H and O–H groups in total. The molecule has 0 spiro atoms. The van der Waals surface area contributed by atoms with Gasteiger partial charge in [-0.2, -0.15) is 0 Å². The number of carbonyl (C=O) groups is 3. The van der Waals surface area contributed by atoms with Crippen LogP contribution in [0.25, 0.3) is 0 Å². The number of para-hydroxylation sites is 1. The molecule has 2 saturated heterocycles. The number of barbiturate groups is 1. The Balaban J connectivity index is 1.37. The van der Waals surface area contributed by atoms with Gasteiger partial charge in [0.1, 0.15) is 5.41 Å². The molecule has 40 heavy (non-hydrogen) atoms. The molecule has 8 nitrogen and oxygen atoms in total. The molecule has 8 heteroatoms. The summed E-state index contributed by atoms with van der Waals surface area (Å²) in [7, 11) is 0. The number of anilines is 1. The summed E-state index contributed by atoms with van der Waals surface area (Å²) in [5, 5.41) is 2.52. The number of hydrogen-bond donors (Lipinski definition) is 1. The molecule has 3 aliphatic heterocycles. The molecule has 206 valence electrons. The molecule has 2 aromatic carbocycles. The van der Waals surface area contributed by atoms with Gasteiger partial charge in [0.25, 0.3) is 11.5 Å². The minimum Gasteiger partial charge on any atom is -0.312 e. The largest absolute Gasteiger partial charge is 0.335 e. The molecule has 3 aromatic rings. The van der Waals surface area contributed by atoms with Crippen LogP contribution in [-0.2, 0) is 22.6 Å². The summed E-state index contributed by atoms with van der Waals surface area (Å²) >= 11 is 0. The molecule has 0 radical (unpaired) electrons. The third-order valence-corrected chi connectivity index (χ3v) is 8.69. The monoisotopic (exact) mass is 538 g/mol. The molecule has 4 amide bonds. The van der Waals surface area contributed by atoms with Gasteiger partial charge in [0.05, 0.1) is 5.69 Å². The van der Waals surface area contributed by atoms with Gasteiger partial charge >= 0.3 is 6.03 Å². The summed E-state index contributed by atoms with van der Waals surface area (Å²) in [6.07, 6.45) is 1.15. The van der Waals surface area contributed by atoms with E-state index < -0.39 is 23.3 Å². The summed E-state index contributed by atoms with van der Waals surface area (Å²) in [6.45, 7) is 6.36. The zero-order chi connectivity index (χ0) is 28.0. The van der Waals surface area contributed by atoms with Gasteiger partial charge in [0.15, 0.2) is 0 Å². The van der Waals surface area contributed by atoms with E-state index in [1.807, 2.05) is 41.0 Å². The Morgan fingerprint density at radius 2 is 1.62 bits per heavy atom. The SMILES string of the molecule is CC(C)c1ccc(CC2(CN3CC4CC(C3)c3cccc(=O)n3C4)C(=O)NC(=O)N(c3ccccc3)C2=O)cc1. The smallest absolute Gasteiger partial charge is 0.312 e. The van der Waals surface area contributed by atoms with Crippen LogP contribution in [0.4, 0.5) is 10.5 Å². The molecular formula is C32H34N4O4.